The smallest absolute Gasteiger partial charge is 0.208 e. The van der Waals surface area contributed by atoms with Crippen molar-refractivity contribution in [3.63, 3.8) is 0 Å². The highest BCUT2D eigenvalue weighted by molar-refractivity contribution is 7.91. The molecular weight excluding hydrogens is 294 g/mol. The van der Waals surface area contributed by atoms with Gasteiger partial charge in [-0.05, 0) is 36.6 Å². The van der Waals surface area contributed by atoms with Crippen molar-refractivity contribution in [3.05, 3.63) is 59.8 Å². The molecule has 3 rings (SSSR count). The molecule has 1 aromatic heterocycles. The lowest BCUT2D eigenvalue weighted by atomic mass is 10.0. The zero-order valence-electron chi connectivity index (χ0n) is 12.9. The normalized spacial score (nSPS) is 12.2. The fraction of sp³-hybridized carbons (Fsp3) is 0.222. The Kier molecular flexibility index (Phi) is 3.57. The summed E-state index contributed by atoms with van der Waals surface area (Å²) in [7, 11) is -3.53. The highest BCUT2D eigenvalue weighted by atomic mass is 32.2. The molecule has 0 unspecified atom stereocenters. The third-order valence-corrected chi connectivity index (χ3v) is 5.92. The molecule has 114 valence electrons. The van der Waals surface area contributed by atoms with Crippen molar-refractivity contribution < 1.29 is 8.42 Å². The molecular formula is C18H19NO2S. The van der Waals surface area contributed by atoms with E-state index in [2.05, 4.69) is 18.8 Å². The molecule has 1 N–H and O–H groups in total. The number of aryl methyl sites for hydroxylation is 1. The number of aromatic nitrogens is 1. The van der Waals surface area contributed by atoms with Gasteiger partial charge < -0.3 is 4.98 Å². The highest BCUT2D eigenvalue weighted by Crippen LogP contribution is 2.31. The molecule has 0 aliphatic carbocycles. The zero-order valence-corrected chi connectivity index (χ0v) is 13.7. The molecule has 0 aliphatic heterocycles. The van der Waals surface area contributed by atoms with Crippen molar-refractivity contribution in [1.29, 1.82) is 0 Å². The third kappa shape index (κ3) is 2.33. The predicted octanol–water partition coefficient (Wildman–Crippen LogP) is 4.43. The van der Waals surface area contributed by atoms with E-state index in [9.17, 15) is 8.42 Å². The van der Waals surface area contributed by atoms with E-state index in [4.69, 9.17) is 0 Å². The number of fused-ring (bicyclic) bond motifs is 1. The number of para-hydroxylation sites is 1. The molecule has 0 saturated carbocycles. The summed E-state index contributed by atoms with van der Waals surface area (Å²) in [6, 6.07) is 14.7. The summed E-state index contributed by atoms with van der Waals surface area (Å²) >= 11 is 0. The number of nitrogens with one attached hydrogen (secondary N) is 1. The van der Waals surface area contributed by atoms with Gasteiger partial charge in [0.1, 0.15) is 0 Å². The fourth-order valence-corrected chi connectivity index (χ4v) is 4.40. The van der Waals surface area contributed by atoms with Gasteiger partial charge in [-0.3, -0.25) is 0 Å². The average Bonchev–Trinajstić information content (AvgIpc) is 2.83. The van der Waals surface area contributed by atoms with E-state index in [1.165, 1.54) is 0 Å². The van der Waals surface area contributed by atoms with Gasteiger partial charge in [0.05, 0.1) is 9.79 Å². The maximum absolute atomic E-state index is 13.0. The summed E-state index contributed by atoms with van der Waals surface area (Å²) in [5.74, 6) is 0.381. The van der Waals surface area contributed by atoms with Crippen LogP contribution in [-0.4, -0.2) is 13.4 Å². The van der Waals surface area contributed by atoms with E-state index in [1.54, 1.807) is 19.1 Å². The molecule has 22 heavy (non-hydrogen) atoms. The molecule has 0 amide bonds. The van der Waals surface area contributed by atoms with Crippen LogP contribution in [0.3, 0.4) is 0 Å². The first-order valence-electron chi connectivity index (χ1n) is 7.33. The van der Waals surface area contributed by atoms with Crippen molar-refractivity contribution in [2.45, 2.75) is 36.5 Å². The SMILES string of the molecule is Cc1[nH]c2ccccc2c1S(=O)(=O)c1ccc(C(C)C)cc1. The molecule has 0 radical (unpaired) electrons. The second-order valence-electron chi connectivity index (χ2n) is 5.85. The second-order valence-corrected chi connectivity index (χ2v) is 7.74. The molecule has 0 atom stereocenters. The fourth-order valence-electron chi connectivity index (χ4n) is 2.75. The molecule has 0 aliphatic rings. The zero-order chi connectivity index (χ0) is 15.9. The summed E-state index contributed by atoms with van der Waals surface area (Å²) in [6.45, 7) is 5.98. The molecule has 3 aromatic rings. The Labute approximate surface area is 130 Å². The number of aromatic amines is 1. The molecule has 0 spiro atoms. The van der Waals surface area contributed by atoms with Gasteiger partial charge in [-0.25, -0.2) is 8.42 Å². The lowest BCUT2D eigenvalue weighted by Crippen LogP contribution is -2.03. The van der Waals surface area contributed by atoms with Crippen LogP contribution in [-0.2, 0) is 9.84 Å². The number of sulfone groups is 1. The molecule has 0 bridgehead atoms. The lowest BCUT2D eigenvalue weighted by Gasteiger charge is -2.08. The van der Waals surface area contributed by atoms with E-state index in [0.29, 0.717) is 21.4 Å². The van der Waals surface area contributed by atoms with Gasteiger partial charge in [0, 0.05) is 16.6 Å². The van der Waals surface area contributed by atoms with E-state index in [0.717, 1.165) is 16.5 Å². The number of H-pyrrole nitrogens is 1. The molecule has 4 heteroatoms. The average molecular weight is 313 g/mol. The van der Waals surface area contributed by atoms with Crippen LogP contribution in [0.5, 0.6) is 0 Å². The minimum absolute atomic E-state index is 0.338. The Morgan fingerprint density at radius 3 is 2.23 bits per heavy atom. The number of hydrogen-bond donors (Lipinski definition) is 1. The standard InChI is InChI=1S/C18H19NO2S/c1-12(2)14-8-10-15(11-9-14)22(20,21)18-13(3)19-17-7-5-4-6-16(17)18/h4-12,19H,1-3H3. The van der Waals surface area contributed by atoms with E-state index < -0.39 is 9.84 Å². The van der Waals surface area contributed by atoms with Crippen LogP contribution in [0.15, 0.2) is 58.3 Å². The first kappa shape index (κ1) is 14.9. The third-order valence-electron chi connectivity index (χ3n) is 3.96. The molecule has 0 saturated heterocycles. The lowest BCUT2D eigenvalue weighted by molar-refractivity contribution is 0.596. The molecule has 1 heterocycles. The monoisotopic (exact) mass is 313 g/mol. The second kappa shape index (κ2) is 5.29. The van der Waals surface area contributed by atoms with Gasteiger partial charge in [-0.1, -0.05) is 44.2 Å². The Morgan fingerprint density at radius 2 is 1.59 bits per heavy atom. The first-order chi connectivity index (χ1) is 10.4. The van der Waals surface area contributed by atoms with Gasteiger partial charge >= 0.3 is 0 Å². The van der Waals surface area contributed by atoms with Gasteiger partial charge in [0.25, 0.3) is 0 Å². The van der Waals surface area contributed by atoms with Crippen LogP contribution >= 0.6 is 0 Å². The van der Waals surface area contributed by atoms with Crippen molar-refractivity contribution >= 4 is 20.7 Å². The Balaban J connectivity index is 2.18. The van der Waals surface area contributed by atoms with Crippen molar-refractivity contribution in [3.8, 4) is 0 Å². The Bertz CT molecular complexity index is 919. The number of benzene rings is 2. The minimum Gasteiger partial charge on any atom is -0.358 e. The van der Waals surface area contributed by atoms with Gasteiger partial charge in [0.15, 0.2) is 0 Å². The highest BCUT2D eigenvalue weighted by Gasteiger charge is 2.24. The Hall–Kier alpha value is -2.07. The van der Waals surface area contributed by atoms with Gasteiger partial charge in [0.2, 0.25) is 9.84 Å². The van der Waals surface area contributed by atoms with Crippen molar-refractivity contribution in [1.82, 2.24) is 4.98 Å². The summed E-state index contributed by atoms with van der Waals surface area (Å²) in [5, 5.41) is 0.743. The quantitative estimate of drug-likeness (QED) is 0.777. The van der Waals surface area contributed by atoms with Crippen LogP contribution in [0.2, 0.25) is 0 Å². The predicted molar refractivity (Wildman–Crippen MR) is 89.0 cm³/mol. The van der Waals surface area contributed by atoms with E-state index in [1.807, 2.05) is 36.4 Å². The van der Waals surface area contributed by atoms with Crippen LogP contribution in [0.25, 0.3) is 10.9 Å². The topological polar surface area (TPSA) is 49.9 Å². The summed E-state index contributed by atoms with van der Waals surface area (Å²) in [5.41, 5.74) is 2.65. The van der Waals surface area contributed by atoms with Crippen molar-refractivity contribution in [2.24, 2.45) is 0 Å². The summed E-state index contributed by atoms with van der Waals surface area (Å²) in [6.07, 6.45) is 0. The Morgan fingerprint density at radius 1 is 0.955 bits per heavy atom. The molecule has 0 fully saturated rings. The van der Waals surface area contributed by atoms with Gasteiger partial charge in [-0.15, -0.1) is 0 Å². The number of hydrogen-bond acceptors (Lipinski definition) is 2. The largest absolute Gasteiger partial charge is 0.358 e. The first-order valence-corrected chi connectivity index (χ1v) is 8.82. The van der Waals surface area contributed by atoms with Crippen LogP contribution in [0.4, 0.5) is 0 Å². The van der Waals surface area contributed by atoms with Crippen LogP contribution in [0.1, 0.15) is 31.0 Å². The molecule has 2 aromatic carbocycles. The van der Waals surface area contributed by atoms with Crippen LogP contribution < -0.4 is 0 Å². The van der Waals surface area contributed by atoms with Crippen molar-refractivity contribution in [2.75, 3.05) is 0 Å². The van der Waals surface area contributed by atoms with Crippen LogP contribution in [0, 0.1) is 6.92 Å². The minimum atomic E-state index is -3.53. The molecule has 3 nitrogen and oxygen atoms in total. The maximum Gasteiger partial charge on any atom is 0.208 e. The summed E-state index contributed by atoms with van der Waals surface area (Å²) < 4.78 is 26.0. The van der Waals surface area contributed by atoms with E-state index in [-0.39, 0.29) is 0 Å². The summed E-state index contributed by atoms with van der Waals surface area (Å²) in [4.78, 5) is 3.87. The van der Waals surface area contributed by atoms with Gasteiger partial charge in [-0.2, -0.15) is 0 Å². The van der Waals surface area contributed by atoms with E-state index >= 15 is 0 Å². The number of rotatable bonds is 3. The maximum atomic E-state index is 13.0.